The highest BCUT2D eigenvalue weighted by Gasteiger charge is 2.46. The lowest BCUT2D eigenvalue weighted by atomic mass is 9.95. The minimum absolute atomic E-state index is 0.0278. The van der Waals surface area contributed by atoms with Crippen LogP contribution in [0.1, 0.15) is 44.1 Å². The molecular weight excluding hydrogens is 612 g/mol. The highest BCUT2D eigenvalue weighted by molar-refractivity contribution is 6.03. The van der Waals surface area contributed by atoms with E-state index in [0.29, 0.717) is 37.2 Å². The lowest BCUT2D eigenvalue weighted by Crippen LogP contribution is -2.59. The summed E-state index contributed by atoms with van der Waals surface area (Å²) in [5.41, 5.74) is -1.36. The van der Waals surface area contributed by atoms with Crippen LogP contribution in [0.15, 0.2) is 42.6 Å². The molecule has 6 heterocycles. The fourth-order valence-electron chi connectivity index (χ4n) is 8.37. The number of pyridine rings is 1. The summed E-state index contributed by atoms with van der Waals surface area (Å²) in [7, 11) is 0. The van der Waals surface area contributed by atoms with Gasteiger partial charge in [0.2, 0.25) is 0 Å². The molecule has 4 saturated heterocycles. The van der Waals surface area contributed by atoms with Crippen molar-refractivity contribution in [3.05, 3.63) is 59.8 Å². The molecule has 2 aromatic heterocycles. The Morgan fingerprint density at radius 1 is 1.15 bits per heavy atom. The van der Waals surface area contributed by atoms with Crippen LogP contribution in [0.5, 0.6) is 11.8 Å². The summed E-state index contributed by atoms with van der Waals surface area (Å²) in [6.45, 7) is 2.97. The molecule has 4 fully saturated rings. The maximum Gasteiger partial charge on any atom is 0.319 e. The Kier molecular flexibility index (Phi) is 7.04. The molecule has 0 radical (unpaired) electrons. The molecule has 4 aromatic rings. The van der Waals surface area contributed by atoms with E-state index < -0.39 is 23.3 Å². The van der Waals surface area contributed by atoms with Gasteiger partial charge in [0, 0.05) is 42.4 Å². The number of benzene rings is 2. The minimum Gasteiger partial charge on any atom is -0.508 e. The fraction of sp³-hybridized carbons (Fsp3) is 0.400. The van der Waals surface area contributed by atoms with Crippen LogP contribution in [0.2, 0.25) is 0 Å². The third-order valence-electron chi connectivity index (χ3n) is 10.4. The quantitative estimate of drug-likeness (QED) is 0.198. The van der Waals surface area contributed by atoms with E-state index in [0.717, 1.165) is 44.8 Å². The van der Waals surface area contributed by atoms with Gasteiger partial charge in [0.05, 0.1) is 22.0 Å². The maximum atomic E-state index is 16.9. The number of piperazine rings is 1. The zero-order valence-electron chi connectivity index (χ0n) is 25.5. The van der Waals surface area contributed by atoms with Crippen LogP contribution < -0.4 is 15.0 Å². The lowest BCUT2D eigenvalue weighted by molar-refractivity contribution is 0.108. The Labute approximate surface area is 268 Å². The van der Waals surface area contributed by atoms with Crippen molar-refractivity contribution in [1.29, 1.82) is 0 Å². The average molecular weight is 645 g/mol. The number of aromatic nitrogens is 3. The molecule has 0 spiro atoms. The number of rotatable bonds is 6. The third kappa shape index (κ3) is 4.95. The number of halogens is 4. The molecule has 2 N–H and O–H groups in total. The molecular formula is C35H32F4N6O2. The SMILES string of the molecule is C#Cc1c(F)ccc2cc(O)cc(-c3ncc4c(N5CC6CCC(C=C(F)F)(C5)N6)nc(OCC56CCCN5CCC6)nc4c3F)c12. The van der Waals surface area contributed by atoms with Crippen LogP contribution in [0.25, 0.3) is 32.9 Å². The van der Waals surface area contributed by atoms with E-state index in [1.165, 1.54) is 30.5 Å². The van der Waals surface area contributed by atoms with Crippen LogP contribution >= 0.6 is 0 Å². The van der Waals surface area contributed by atoms with Gasteiger partial charge in [-0.05, 0) is 75.2 Å². The number of nitrogens with zero attached hydrogens (tertiary/aromatic N) is 5. The number of phenols is 1. The van der Waals surface area contributed by atoms with Gasteiger partial charge in [-0.25, -0.2) is 8.78 Å². The molecule has 0 aliphatic carbocycles. The number of anilines is 1. The number of hydrogen-bond acceptors (Lipinski definition) is 8. The van der Waals surface area contributed by atoms with E-state index >= 15 is 4.39 Å². The number of aromatic hydroxyl groups is 1. The molecule has 47 heavy (non-hydrogen) atoms. The van der Waals surface area contributed by atoms with Crippen molar-refractivity contribution in [3.63, 3.8) is 0 Å². The van der Waals surface area contributed by atoms with E-state index in [1.54, 1.807) is 0 Å². The lowest BCUT2D eigenvalue weighted by Gasteiger charge is -2.40. The molecule has 2 aromatic carbocycles. The molecule has 2 bridgehead atoms. The number of phenolic OH excluding ortho intramolecular Hbond substituents is 1. The second-order valence-electron chi connectivity index (χ2n) is 13.2. The summed E-state index contributed by atoms with van der Waals surface area (Å²) in [5.74, 6) is 1.00. The van der Waals surface area contributed by atoms with Gasteiger partial charge in [0.15, 0.2) is 5.82 Å². The van der Waals surface area contributed by atoms with Gasteiger partial charge in [-0.1, -0.05) is 12.0 Å². The predicted molar refractivity (Wildman–Crippen MR) is 169 cm³/mol. The van der Waals surface area contributed by atoms with Crippen molar-refractivity contribution in [2.45, 2.75) is 55.6 Å². The van der Waals surface area contributed by atoms with Crippen LogP contribution in [-0.4, -0.2) is 74.9 Å². The van der Waals surface area contributed by atoms with Gasteiger partial charge in [-0.15, -0.1) is 6.42 Å². The first kappa shape index (κ1) is 29.9. The van der Waals surface area contributed by atoms with Crippen LogP contribution in [0.4, 0.5) is 23.4 Å². The second kappa shape index (κ2) is 11.1. The summed E-state index contributed by atoms with van der Waals surface area (Å²) in [4.78, 5) is 18.1. The molecule has 4 aliphatic heterocycles. The number of ether oxygens (including phenoxy) is 1. The van der Waals surface area contributed by atoms with E-state index in [2.05, 4.69) is 26.1 Å². The molecule has 2 atom stereocenters. The smallest absolute Gasteiger partial charge is 0.319 e. The van der Waals surface area contributed by atoms with Gasteiger partial charge in [0.25, 0.3) is 6.08 Å². The average Bonchev–Trinajstić information content (AvgIpc) is 3.71. The van der Waals surface area contributed by atoms with E-state index in [4.69, 9.17) is 16.1 Å². The Morgan fingerprint density at radius 3 is 2.72 bits per heavy atom. The zero-order valence-corrected chi connectivity index (χ0v) is 25.5. The van der Waals surface area contributed by atoms with Gasteiger partial charge < -0.3 is 20.1 Å². The van der Waals surface area contributed by atoms with E-state index in [9.17, 15) is 18.3 Å². The van der Waals surface area contributed by atoms with Gasteiger partial charge in [0.1, 0.15) is 35.2 Å². The van der Waals surface area contributed by atoms with Gasteiger partial charge in [-0.2, -0.15) is 18.7 Å². The summed E-state index contributed by atoms with van der Waals surface area (Å²) in [6, 6.07) is 5.26. The maximum absolute atomic E-state index is 16.9. The summed E-state index contributed by atoms with van der Waals surface area (Å²) < 4.78 is 65.2. The Morgan fingerprint density at radius 2 is 1.96 bits per heavy atom. The van der Waals surface area contributed by atoms with Gasteiger partial charge >= 0.3 is 6.01 Å². The molecule has 0 saturated carbocycles. The van der Waals surface area contributed by atoms with Crippen LogP contribution in [-0.2, 0) is 0 Å². The number of hydrogen-bond donors (Lipinski definition) is 2. The highest BCUT2D eigenvalue weighted by Crippen LogP contribution is 2.42. The van der Waals surface area contributed by atoms with E-state index in [-0.39, 0.29) is 63.0 Å². The van der Waals surface area contributed by atoms with Crippen molar-refractivity contribution in [2.75, 3.05) is 37.7 Å². The first-order valence-corrected chi connectivity index (χ1v) is 15.9. The number of fused-ring (bicyclic) bond motifs is 5. The molecule has 4 aliphatic rings. The largest absolute Gasteiger partial charge is 0.508 e. The first-order chi connectivity index (χ1) is 22.7. The Balaban J connectivity index is 1.29. The van der Waals surface area contributed by atoms with Crippen molar-refractivity contribution in [3.8, 4) is 35.4 Å². The van der Waals surface area contributed by atoms with Crippen LogP contribution in [0.3, 0.4) is 0 Å². The Bertz CT molecular complexity index is 2000. The van der Waals surface area contributed by atoms with E-state index in [1.807, 2.05) is 4.90 Å². The van der Waals surface area contributed by atoms with Gasteiger partial charge in [-0.3, -0.25) is 9.88 Å². The van der Waals surface area contributed by atoms with Crippen molar-refractivity contribution < 1.29 is 27.4 Å². The highest BCUT2D eigenvalue weighted by atomic mass is 19.3. The summed E-state index contributed by atoms with van der Waals surface area (Å²) in [5, 5.41) is 14.8. The van der Waals surface area contributed by atoms with Crippen molar-refractivity contribution >= 4 is 27.5 Å². The summed E-state index contributed by atoms with van der Waals surface area (Å²) in [6.07, 6.45) is 11.6. The molecule has 242 valence electrons. The zero-order chi connectivity index (χ0) is 32.5. The van der Waals surface area contributed by atoms with Crippen molar-refractivity contribution in [1.82, 2.24) is 25.2 Å². The summed E-state index contributed by atoms with van der Waals surface area (Å²) >= 11 is 0. The minimum atomic E-state index is -1.77. The molecule has 0 amide bonds. The molecule has 12 heteroatoms. The standard InChI is InChI=1S/C35H32F4N6O2/c1-2-23-26(36)6-5-20-13-22(46)14-24(28(20)23)30-29(39)31-25(16-40-30)32(44-17-21-7-10-34(18-44,43-21)15-27(37)38)42-33(41-31)47-19-35-8-3-11-45(35)12-4-9-35/h1,5-6,13-16,21,43,46H,3-4,7-12,17-19H2. The number of nitrogens with one attached hydrogen (secondary N) is 1. The molecule has 8 nitrogen and oxygen atoms in total. The fourth-order valence-corrected chi connectivity index (χ4v) is 8.37. The number of terminal acetylenes is 1. The normalized spacial score (nSPS) is 23.3. The third-order valence-corrected chi connectivity index (χ3v) is 10.4. The van der Waals surface area contributed by atoms with Crippen molar-refractivity contribution in [2.24, 2.45) is 0 Å². The topological polar surface area (TPSA) is 86.6 Å². The predicted octanol–water partition coefficient (Wildman–Crippen LogP) is 5.91. The second-order valence-corrected chi connectivity index (χ2v) is 13.2. The van der Waals surface area contributed by atoms with Crippen LogP contribution in [0, 0.1) is 24.0 Å². The first-order valence-electron chi connectivity index (χ1n) is 15.9. The monoisotopic (exact) mass is 644 g/mol. The Hall–Kier alpha value is -4.47. The molecule has 8 rings (SSSR count). The molecule has 2 unspecified atom stereocenters.